The Kier molecular flexibility index (Phi) is 4.51. The largest absolute Gasteiger partial charge is 0.380 e. The van der Waals surface area contributed by atoms with Crippen molar-refractivity contribution in [3.63, 3.8) is 0 Å². The maximum Gasteiger partial charge on any atom is 0.228 e. The number of pyridine rings is 1. The second kappa shape index (κ2) is 5.90. The third kappa shape index (κ3) is 3.73. The summed E-state index contributed by atoms with van der Waals surface area (Å²) in [5.74, 6) is 0.502. The topological polar surface area (TPSA) is 54.0 Å². The second-order valence-electron chi connectivity index (χ2n) is 3.75. The molecule has 0 atom stereocenters. The number of amides is 1. The zero-order chi connectivity index (χ0) is 12.0. The standard InChI is InChI=1S/C12H17N3O/c1-4-7-13-10-5-6-11(14-8-10)15-12(16)9(2)3/h4-6,8-9,13H,1,7H2,2-3H3,(H,14,15,16). The molecule has 1 aromatic heterocycles. The van der Waals surface area contributed by atoms with Crippen molar-refractivity contribution in [3.05, 3.63) is 31.0 Å². The number of nitrogens with zero attached hydrogens (tertiary/aromatic N) is 1. The summed E-state index contributed by atoms with van der Waals surface area (Å²) in [5, 5.41) is 5.83. The Morgan fingerprint density at radius 1 is 1.56 bits per heavy atom. The van der Waals surface area contributed by atoms with Gasteiger partial charge in [0.1, 0.15) is 5.82 Å². The van der Waals surface area contributed by atoms with Crippen LogP contribution >= 0.6 is 0 Å². The molecule has 4 nitrogen and oxygen atoms in total. The van der Waals surface area contributed by atoms with Crippen LogP contribution in [-0.4, -0.2) is 17.4 Å². The molecule has 0 aliphatic heterocycles. The lowest BCUT2D eigenvalue weighted by atomic mass is 10.2. The molecule has 1 heterocycles. The average Bonchev–Trinajstić information content (AvgIpc) is 2.28. The first-order chi connectivity index (χ1) is 7.63. The molecule has 0 saturated heterocycles. The van der Waals surface area contributed by atoms with Crippen LogP contribution in [0, 0.1) is 5.92 Å². The molecular formula is C12H17N3O. The molecule has 0 aliphatic rings. The van der Waals surface area contributed by atoms with E-state index in [9.17, 15) is 4.79 Å². The van der Waals surface area contributed by atoms with Gasteiger partial charge in [0, 0.05) is 12.5 Å². The molecule has 1 amide bonds. The molecule has 0 spiro atoms. The minimum Gasteiger partial charge on any atom is -0.380 e. The van der Waals surface area contributed by atoms with Gasteiger partial charge in [-0.1, -0.05) is 19.9 Å². The molecule has 0 aromatic carbocycles. The second-order valence-corrected chi connectivity index (χ2v) is 3.75. The molecule has 86 valence electrons. The van der Waals surface area contributed by atoms with E-state index < -0.39 is 0 Å². The number of carbonyl (C=O) groups is 1. The maximum atomic E-state index is 11.4. The van der Waals surface area contributed by atoms with Gasteiger partial charge in [-0.05, 0) is 12.1 Å². The Labute approximate surface area is 95.8 Å². The number of carbonyl (C=O) groups excluding carboxylic acids is 1. The van der Waals surface area contributed by atoms with Gasteiger partial charge >= 0.3 is 0 Å². The summed E-state index contributed by atoms with van der Waals surface area (Å²) in [6.07, 6.45) is 3.45. The van der Waals surface area contributed by atoms with Crippen molar-refractivity contribution in [2.45, 2.75) is 13.8 Å². The summed E-state index contributed by atoms with van der Waals surface area (Å²) in [4.78, 5) is 15.5. The van der Waals surface area contributed by atoms with Crippen LogP contribution in [0.4, 0.5) is 11.5 Å². The van der Waals surface area contributed by atoms with E-state index >= 15 is 0 Å². The van der Waals surface area contributed by atoms with Crippen molar-refractivity contribution in [2.24, 2.45) is 5.92 Å². The number of rotatable bonds is 5. The highest BCUT2D eigenvalue weighted by atomic mass is 16.1. The van der Waals surface area contributed by atoms with Crippen LogP contribution in [0.15, 0.2) is 31.0 Å². The smallest absolute Gasteiger partial charge is 0.228 e. The number of nitrogens with one attached hydrogen (secondary N) is 2. The number of aromatic nitrogens is 1. The zero-order valence-corrected chi connectivity index (χ0v) is 9.66. The van der Waals surface area contributed by atoms with E-state index in [-0.39, 0.29) is 11.8 Å². The van der Waals surface area contributed by atoms with Crippen molar-refractivity contribution >= 4 is 17.4 Å². The van der Waals surface area contributed by atoms with Crippen LogP contribution in [0.3, 0.4) is 0 Å². The van der Waals surface area contributed by atoms with Crippen LogP contribution in [0.2, 0.25) is 0 Å². The molecular weight excluding hydrogens is 202 g/mol. The lowest BCUT2D eigenvalue weighted by Gasteiger charge is -2.07. The van der Waals surface area contributed by atoms with Gasteiger partial charge in [0.05, 0.1) is 11.9 Å². The van der Waals surface area contributed by atoms with E-state index in [1.54, 1.807) is 18.3 Å². The van der Waals surface area contributed by atoms with E-state index in [0.29, 0.717) is 12.4 Å². The Morgan fingerprint density at radius 2 is 2.31 bits per heavy atom. The van der Waals surface area contributed by atoms with Crippen LogP contribution in [0.5, 0.6) is 0 Å². The van der Waals surface area contributed by atoms with Crippen molar-refractivity contribution in [1.29, 1.82) is 0 Å². The van der Waals surface area contributed by atoms with Crippen molar-refractivity contribution < 1.29 is 4.79 Å². The maximum absolute atomic E-state index is 11.4. The highest BCUT2D eigenvalue weighted by molar-refractivity contribution is 5.91. The van der Waals surface area contributed by atoms with Crippen molar-refractivity contribution in [2.75, 3.05) is 17.2 Å². The fourth-order valence-electron chi connectivity index (χ4n) is 1.03. The number of hydrogen-bond donors (Lipinski definition) is 2. The third-order valence-corrected chi connectivity index (χ3v) is 1.99. The molecule has 0 fully saturated rings. The quantitative estimate of drug-likeness (QED) is 0.747. The SMILES string of the molecule is C=CCNc1ccc(NC(=O)C(C)C)nc1. The van der Waals surface area contributed by atoms with Crippen molar-refractivity contribution in [3.8, 4) is 0 Å². The first-order valence-corrected chi connectivity index (χ1v) is 5.25. The van der Waals surface area contributed by atoms with E-state index in [4.69, 9.17) is 0 Å². The minimum atomic E-state index is -0.0413. The highest BCUT2D eigenvalue weighted by Gasteiger charge is 2.07. The molecule has 1 aromatic rings. The summed E-state index contributed by atoms with van der Waals surface area (Å²) in [6.45, 7) is 7.99. The van der Waals surface area contributed by atoms with Crippen LogP contribution in [0.25, 0.3) is 0 Å². The van der Waals surface area contributed by atoms with Gasteiger partial charge in [-0.15, -0.1) is 6.58 Å². The Balaban J connectivity index is 2.57. The molecule has 4 heteroatoms. The highest BCUT2D eigenvalue weighted by Crippen LogP contribution is 2.10. The van der Waals surface area contributed by atoms with E-state index in [1.165, 1.54) is 0 Å². The molecule has 0 unspecified atom stereocenters. The Morgan fingerprint density at radius 3 is 2.81 bits per heavy atom. The third-order valence-electron chi connectivity index (χ3n) is 1.99. The molecule has 2 N–H and O–H groups in total. The fraction of sp³-hybridized carbons (Fsp3) is 0.333. The normalized spacial score (nSPS) is 9.94. The van der Waals surface area contributed by atoms with Crippen LogP contribution in [-0.2, 0) is 4.79 Å². The Bertz CT molecular complexity index is 357. The summed E-state index contributed by atoms with van der Waals surface area (Å²) in [6, 6.07) is 3.64. The average molecular weight is 219 g/mol. The molecule has 0 bridgehead atoms. The fourth-order valence-corrected chi connectivity index (χ4v) is 1.03. The molecule has 0 radical (unpaired) electrons. The van der Waals surface area contributed by atoms with Crippen LogP contribution < -0.4 is 10.6 Å². The van der Waals surface area contributed by atoms with Gasteiger partial charge in [-0.25, -0.2) is 4.98 Å². The molecule has 1 rings (SSSR count). The van der Waals surface area contributed by atoms with Crippen molar-refractivity contribution in [1.82, 2.24) is 4.98 Å². The van der Waals surface area contributed by atoms with Gasteiger partial charge in [0.15, 0.2) is 0 Å². The predicted molar refractivity (Wildman–Crippen MR) is 66.4 cm³/mol. The van der Waals surface area contributed by atoms with Gasteiger partial charge in [0.25, 0.3) is 0 Å². The first-order valence-electron chi connectivity index (χ1n) is 5.25. The summed E-state index contributed by atoms with van der Waals surface area (Å²) >= 11 is 0. The van der Waals surface area contributed by atoms with E-state index in [2.05, 4.69) is 22.2 Å². The first kappa shape index (κ1) is 12.2. The lowest BCUT2D eigenvalue weighted by Crippen LogP contribution is -2.18. The van der Waals surface area contributed by atoms with Crippen LogP contribution in [0.1, 0.15) is 13.8 Å². The summed E-state index contributed by atoms with van der Waals surface area (Å²) < 4.78 is 0. The molecule has 0 saturated carbocycles. The summed E-state index contributed by atoms with van der Waals surface area (Å²) in [5.41, 5.74) is 0.905. The summed E-state index contributed by atoms with van der Waals surface area (Å²) in [7, 11) is 0. The predicted octanol–water partition coefficient (Wildman–Crippen LogP) is 2.27. The monoisotopic (exact) mass is 219 g/mol. The lowest BCUT2D eigenvalue weighted by molar-refractivity contribution is -0.118. The van der Waals surface area contributed by atoms with E-state index in [0.717, 1.165) is 5.69 Å². The van der Waals surface area contributed by atoms with Gasteiger partial charge < -0.3 is 10.6 Å². The molecule has 0 aliphatic carbocycles. The van der Waals surface area contributed by atoms with Gasteiger partial charge in [0.2, 0.25) is 5.91 Å². The number of anilines is 2. The van der Waals surface area contributed by atoms with Gasteiger partial charge in [-0.3, -0.25) is 4.79 Å². The van der Waals surface area contributed by atoms with E-state index in [1.807, 2.05) is 19.9 Å². The molecule has 16 heavy (non-hydrogen) atoms. The number of hydrogen-bond acceptors (Lipinski definition) is 3. The zero-order valence-electron chi connectivity index (χ0n) is 9.66. The minimum absolute atomic E-state index is 0.0284. The Hall–Kier alpha value is -1.84. The van der Waals surface area contributed by atoms with Gasteiger partial charge in [-0.2, -0.15) is 0 Å².